The van der Waals surface area contributed by atoms with Crippen molar-refractivity contribution in [1.82, 2.24) is 15.1 Å². The Morgan fingerprint density at radius 2 is 1.47 bits per heavy atom. The number of rotatable bonds is 5. The summed E-state index contributed by atoms with van der Waals surface area (Å²) in [6, 6.07) is 7.64. The van der Waals surface area contributed by atoms with Gasteiger partial charge in [-0.2, -0.15) is 0 Å². The van der Waals surface area contributed by atoms with Crippen LogP contribution in [0.4, 0.5) is 0 Å². The van der Waals surface area contributed by atoms with Gasteiger partial charge in [0.1, 0.15) is 0 Å². The average Bonchev–Trinajstić information content (AvgIpc) is 2.78. The molecule has 2 saturated heterocycles. The largest absolute Gasteiger partial charge is 0.352 e. The molecule has 32 heavy (non-hydrogen) atoms. The molecular formula is C26H39N3O3. The van der Waals surface area contributed by atoms with E-state index in [9.17, 15) is 14.4 Å². The van der Waals surface area contributed by atoms with Gasteiger partial charge in [0, 0.05) is 50.6 Å². The summed E-state index contributed by atoms with van der Waals surface area (Å²) < 4.78 is 0. The topological polar surface area (TPSA) is 69.7 Å². The molecule has 2 aliphatic rings. The van der Waals surface area contributed by atoms with Crippen LogP contribution in [0.1, 0.15) is 75.7 Å². The Labute approximate surface area is 192 Å². The van der Waals surface area contributed by atoms with Gasteiger partial charge >= 0.3 is 0 Å². The second-order valence-electron chi connectivity index (χ2n) is 10.5. The van der Waals surface area contributed by atoms with E-state index in [2.05, 4.69) is 33.0 Å². The molecular weight excluding hydrogens is 402 g/mol. The zero-order chi connectivity index (χ0) is 23.3. The molecule has 2 aliphatic heterocycles. The first-order valence-electron chi connectivity index (χ1n) is 12.1. The molecule has 2 fully saturated rings. The second kappa shape index (κ2) is 10.5. The molecule has 1 aromatic carbocycles. The summed E-state index contributed by atoms with van der Waals surface area (Å²) in [5.41, 5.74) is 1.84. The minimum atomic E-state index is -0.154. The van der Waals surface area contributed by atoms with Crippen LogP contribution >= 0.6 is 0 Å². The molecule has 6 nitrogen and oxygen atoms in total. The Kier molecular flexibility index (Phi) is 7.96. The number of piperidine rings is 2. The zero-order valence-corrected chi connectivity index (χ0v) is 20.2. The van der Waals surface area contributed by atoms with E-state index < -0.39 is 0 Å². The number of benzene rings is 1. The number of nitrogens with one attached hydrogen (secondary N) is 1. The van der Waals surface area contributed by atoms with Gasteiger partial charge in [-0.25, -0.2) is 0 Å². The maximum Gasteiger partial charge on any atom is 0.251 e. The maximum atomic E-state index is 12.8. The molecule has 1 N–H and O–H groups in total. The van der Waals surface area contributed by atoms with Crippen LogP contribution in [-0.2, 0) is 15.0 Å². The molecule has 176 valence electrons. The third-order valence-corrected chi connectivity index (χ3v) is 6.93. The minimum absolute atomic E-state index is 0.0447. The van der Waals surface area contributed by atoms with Crippen molar-refractivity contribution in [2.45, 2.75) is 65.2 Å². The lowest BCUT2D eigenvalue weighted by atomic mass is 9.87. The van der Waals surface area contributed by atoms with E-state index >= 15 is 0 Å². The van der Waals surface area contributed by atoms with Crippen LogP contribution in [0.2, 0.25) is 0 Å². The van der Waals surface area contributed by atoms with Crippen molar-refractivity contribution in [2.24, 2.45) is 11.8 Å². The third kappa shape index (κ3) is 6.33. The van der Waals surface area contributed by atoms with E-state index in [0.29, 0.717) is 31.1 Å². The highest BCUT2D eigenvalue weighted by Gasteiger charge is 2.31. The van der Waals surface area contributed by atoms with Gasteiger partial charge in [0.15, 0.2) is 0 Å². The molecule has 0 atom stereocenters. The van der Waals surface area contributed by atoms with Crippen molar-refractivity contribution in [3.05, 3.63) is 35.4 Å². The molecule has 6 heteroatoms. The molecule has 1 aromatic rings. The predicted octanol–water partition coefficient (Wildman–Crippen LogP) is 3.60. The molecule has 0 radical (unpaired) electrons. The first-order valence-corrected chi connectivity index (χ1v) is 12.1. The van der Waals surface area contributed by atoms with Crippen LogP contribution in [0.5, 0.6) is 0 Å². The first-order chi connectivity index (χ1) is 15.1. The Morgan fingerprint density at radius 3 is 2.03 bits per heavy atom. The smallest absolute Gasteiger partial charge is 0.251 e. The molecule has 3 rings (SSSR count). The number of nitrogens with zero attached hydrogens (tertiary/aromatic N) is 2. The van der Waals surface area contributed by atoms with Crippen molar-refractivity contribution in [2.75, 3.05) is 32.7 Å². The fourth-order valence-corrected chi connectivity index (χ4v) is 4.53. The molecule has 0 aliphatic carbocycles. The Balaban J connectivity index is 1.38. The van der Waals surface area contributed by atoms with Crippen LogP contribution < -0.4 is 5.32 Å². The summed E-state index contributed by atoms with van der Waals surface area (Å²) in [5, 5.41) is 2.85. The number of carbonyl (C=O) groups is 3. The quantitative estimate of drug-likeness (QED) is 0.759. The summed E-state index contributed by atoms with van der Waals surface area (Å²) in [5.74, 6) is 0.920. The number of likely N-dealkylation sites (tertiary alicyclic amines) is 2. The zero-order valence-electron chi connectivity index (χ0n) is 20.2. The van der Waals surface area contributed by atoms with E-state index in [1.54, 1.807) is 0 Å². The lowest BCUT2D eigenvalue weighted by molar-refractivity contribution is -0.141. The minimum Gasteiger partial charge on any atom is -0.352 e. The fraction of sp³-hybridized carbons (Fsp3) is 0.654. The van der Waals surface area contributed by atoms with Gasteiger partial charge in [-0.1, -0.05) is 39.8 Å². The summed E-state index contributed by atoms with van der Waals surface area (Å²) >= 11 is 0. The molecule has 2 heterocycles. The first kappa shape index (κ1) is 24.3. The third-order valence-electron chi connectivity index (χ3n) is 6.93. The van der Waals surface area contributed by atoms with Gasteiger partial charge in [-0.05, 0) is 54.7 Å². The average molecular weight is 442 g/mol. The summed E-state index contributed by atoms with van der Waals surface area (Å²) in [4.78, 5) is 41.6. The highest BCUT2D eigenvalue weighted by molar-refractivity contribution is 5.94. The highest BCUT2D eigenvalue weighted by atomic mass is 16.2. The fourth-order valence-electron chi connectivity index (χ4n) is 4.53. The number of amides is 3. The molecule has 0 saturated carbocycles. The van der Waals surface area contributed by atoms with Crippen LogP contribution in [0.25, 0.3) is 0 Å². The molecule has 0 spiro atoms. The van der Waals surface area contributed by atoms with E-state index in [4.69, 9.17) is 0 Å². The molecule has 0 unspecified atom stereocenters. The van der Waals surface area contributed by atoms with Gasteiger partial charge in [0.2, 0.25) is 11.8 Å². The summed E-state index contributed by atoms with van der Waals surface area (Å²) in [6.07, 6.45) is 3.95. The maximum absolute atomic E-state index is 12.8. The predicted molar refractivity (Wildman–Crippen MR) is 126 cm³/mol. The normalized spacial score (nSPS) is 18.5. The van der Waals surface area contributed by atoms with Crippen molar-refractivity contribution in [1.29, 1.82) is 0 Å². The van der Waals surface area contributed by atoms with E-state index in [1.165, 1.54) is 5.56 Å². The molecule has 3 amide bonds. The monoisotopic (exact) mass is 441 g/mol. The van der Waals surface area contributed by atoms with Gasteiger partial charge in [0.05, 0.1) is 0 Å². The number of carbonyl (C=O) groups excluding carboxylic acids is 3. The van der Waals surface area contributed by atoms with Crippen molar-refractivity contribution in [3.63, 3.8) is 0 Å². The molecule has 0 bridgehead atoms. The van der Waals surface area contributed by atoms with Crippen LogP contribution in [0.15, 0.2) is 24.3 Å². The van der Waals surface area contributed by atoms with Crippen molar-refractivity contribution >= 4 is 17.7 Å². The van der Waals surface area contributed by atoms with Crippen LogP contribution in [0, 0.1) is 11.8 Å². The SMILES string of the molecule is CC1CCN(C(=O)C2CCN(C(=O)CCNC(=O)c3ccc(C(C)(C)C)cc3)CC2)CC1. The Bertz CT molecular complexity index is 797. The number of hydrogen-bond acceptors (Lipinski definition) is 3. The lowest BCUT2D eigenvalue weighted by Crippen LogP contribution is -2.46. The van der Waals surface area contributed by atoms with Gasteiger partial charge in [0.25, 0.3) is 5.91 Å². The van der Waals surface area contributed by atoms with Crippen molar-refractivity contribution in [3.8, 4) is 0 Å². The summed E-state index contributed by atoms with van der Waals surface area (Å²) in [7, 11) is 0. The standard InChI is InChI=1S/C26H39N3O3/c1-19-10-15-29(16-11-19)25(32)21-12-17-28(18-13-21)23(30)9-14-27-24(31)20-5-7-22(8-6-20)26(2,3)4/h5-8,19,21H,9-18H2,1-4H3,(H,27,31). The lowest BCUT2D eigenvalue weighted by Gasteiger charge is -2.36. The highest BCUT2D eigenvalue weighted by Crippen LogP contribution is 2.24. The van der Waals surface area contributed by atoms with E-state index in [0.717, 1.165) is 38.8 Å². The second-order valence-corrected chi connectivity index (χ2v) is 10.5. The van der Waals surface area contributed by atoms with Crippen molar-refractivity contribution < 1.29 is 14.4 Å². The van der Waals surface area contributed by atoms with E-state index in [-0.39, 0.29) is 35.5 Å². The van der Waals surface area contributed by atoms with Gasteiger partial charge < -0.3 is 15.1 Å². The Morgan fingerprint density at radius 1 is 0.906 bits per heavy atom. The Hall–Kier alpha value is -2.37. The summed E-state index contributed by atoms with van der Waals surface area (Å²) in [6.45, 7) is 12.0. The van der Waals surface area contributed by atoms with Crippen LogP contribution in [-0.4, -0.2) is 60.2 Å². The van der Waals surface area contributed by atoms with E-state index in [1.807, 2.05) is 34.1 Å². The number of hydrogen-bond donors (Lipinski definition) is 1. The van der Waals surface area contributed by atoms with Crippen LogP contribution in [0.3, 0.4) is 0 Å². The molecule has 0 aromatic heterocycles. The van der Waals surface area contributed by atoms with Gasteiger partial charge in [-0.3, -0.25) is 14.4 Å². The van der Waals surface area contributed by atoms with Gasteiger partial charge in [-0.15, -0.1) is 0 Å².